The summed E-state index contributed by atoms with van der Waals surface area (Å²) >= 11 is 0. The first kappa shape index (κ1) is 23.1. The Labute approximate surface area is 183 Å². The van der Waals surface area contributed by atoms with E-state index in [0.29, 0.717) is 31.1 Å². The Kier molecular flexibility index (Phi) is 8.41. The van der Waals surface area contributed by atoms with Crippen LogP contribution in [0.1, 0.15) is 5.56 Å². The van der Waals surface area contributed by atoms with Gasteiger partial charge in [-0.2, -0.15) is 22.5 Å². The molecule has 0 bridgehead atoms. The van der Waals surface area contributed by atoms with Crippen LogP contribution in [0.25, 0.3) is 0 Å². The average molecular weight is 453 g/mol. The fourth-order valence-corrected chi connectivity index (χ4v) is 4.62. The van der Waals surface area contributed by atoms with Crippen LogP contribution in [0.3, 0.4) is 0 Å². The van der Waals surface area contributed by atoms with Crippen molar-refractivity contribution in [3.8, 4) is 0 Å². The number of sulfonamides is 1. The minimum atomic E-state index is -3.47. The average Bonchev–Trinajstić information content (AvgIpc) is 3.44. The van der Waals surface area contributed by atoms with E-state index in [9.17, 15) is 13.5 Å². The molecule has 0 spiro atoms. The fourth-order valence-electron chi connectivity index (χ4n) is 3.09. The van der Waals surface area contributed by atoms with Gasteiger partial charge in [-0.3, -0.25) is 0 Å². The second-order valence-corrected chi connectivity index (χ2v) is 8.61. The first-order chi connectivity index (χ1) is 13.5. The van der Waals surface area contributed by atoms with Gasteiger partial charge in [0, 0.05) is 48.8 Å². The summed E-state index contributed by atoms with van der Waals surface area (Å²) in [6.45, 7) is 3.55. The Morgan fingerprint density at radius 2 is 1.62 bits per heavy atom. The molecule has 7 heteroatoms. The Morgan fingerprint density at radius 3 is 2.14 bits per heavy atom. The molecule has 0 atom stereocenters. The molecule has 1 fully saturated rings. The van der Waals surface area contributed by atoms with Gasteiger partial charge < -0.3 is 10.0 Å². The summed E-state index contributed by atoms with van der Waals surface area (Å²) in [6.07, 6.45) is 7.41. The van der Waals surface area contributed by atoms with Gasteiger partial charge in [-0.05, 0) is 36.8 Å². The predicted octanol–water partition coefficient (Wildman–Crippen LogP) is 3.60. The molecule has 1 N–H and O–H groups in total. The van der Waals surface area contributed by atoms with E-state index < -0.39 is 10.0 Å². The molecule has 0 radical (unpaired) electrons. The molecule has 1 saturated heterocycles. The van der Waals surface area contributed by atoms with Crippen LogP contribution in [-0.4, -0.2) is 48.9 Å². The topological polar surface area (TPSA) is 60.9 Å². The number of hydrogen-bond acceptors (Lipinski definition) is 4. The van der Waals surface area contributed by atoms with Crippen molar-refractivity contribution in [2.45, 2.75) is 11.8 Å². The molecule has 1 aliphatic heterocycles. The predicted molar refractivity (Wildman–Crippen MR) is 111 cm³/mol. The SMILES string of the molecule is Cc1cccc(S(=O)(=O)N2CCN(C(O)=C3C=CC=C3)CC2)c1.[Fe].c1cc[cH-]c1. The summed E-state index contributed by atoms with van der Waals surface area (Å²) in [5.74, 6) is 0.211. The van der Waals surface area contributed by atoms with Crippen LogP contribution in [-0.2, 0) is 27.1 Å². The maximum Gasteiger partial charge on any atom is 0.243 e. The maximum atomic E-state index is 12.7. The molecule has 4 rings (SSSR count). The molecule has 2 aromatic carbocycles. The normalized spacial score (nSPS) is 16.2. The van der Waals surface area contributed by atoms with Crippen LogP contribution in [0, 0.1) is 6.92 Å². The Bertz CT molecular complexity index is 940. The Morgan fingerprint density at radius 1 is 1.00 bits per heavy atom. The minimum Gasteiger partial charge on any atom is -0.494 e. The fraction of sp³-hybridized carbons (Fsp3) is 0.227. The molecule has 156 valence electrons. The van der Waals surface area contributed by atoms with E-state index in [0.717, 1.165) is 11.1 Å². The molecule has 1 heterocycles. The molecular formula is C22H25FeN2O3S-. The van der Waals surface area contributed by atoms with Gasteiger partial charge in [0.05, 0.1) is 4.90 Å². The van der Waals surface area contributed by atoms with Crippen molar-refractivity contribution < 1.29 is 30.6 Å². The van der Waals surface area contributed by atoms with Gasteiger partial charge in [0.1, 0.15) is 0 Å². The van der Waals surface area contributed by atoms with Gasteiger partial charge >= 0.3 is 0 Å². The van der Waals surface area contributed by atoms with Gasteiger partial charge in [0.15, 0.2) is 5.88 Å². The van der Waals surface area contributed by atoms with Crippen LogP contribution in [0.2, 0.25) is 0 Å². The maximum absolute atomic E-state index is 12.7. The number of aryl methyl sites for hydroxylation is 1. The van der Waals surface area contributed by atoms with Gasteiger partial charge in [-0.1, -0.05) is 24.3 Å². The van der Waals surface area contributed by atoms with Gasteiger partial charge in [0.25, 0.3) is 0 Å². The Balaban J connectivity index is 0.000000437. The molecule has 2 aromatic rings. The number of rotatable bonds is 3. The first-order valence-electron chi connectivity index (χ1n) is 9.25. The molecule has 0 aromatic heterocycles. The van der Waals surface area contributed by atoms with E-state index in [1.807, 2.05) is 72.5 Å². The van der Waals surface area contributed by atoms with Gasteiger partial charge in [-0.25, -0.2) is 20.6 Å². The van der Waals surface area contributed by atoms with E-state index in [1.165, 1.54) is 4.31 Å². The van der Waals surface area contributed by atoms with Crippen molar-refractivity contribution in [1.82, 2.24) is 9.21 Å². The smallest absolute Gasteiger partial charge is 0.243 e. The van der Waals surface area contributed by atoms with Gasteiger partial charge in [0.2, 0.25) is 10.0 Å². The van der Waals surface area contributed by atoms with E-state index in [-0.39, 0.29) is 23.0 Å². The Hall–Kier alpha value is -2.18. The third-order valence-corrected chi connectivity index (χ3v) is 6.54. The van der Waals surface area contributed by atoms with Crippen LogP contribution < -0.4 is 0 Å². The zero-order valence-electron chi connectivity index (χ0n) is 16.3. The summed E-state index contributed by atoms with van der Waals surface area (Å²) in [7, 11) is -3.47. The standard InChI is InChI=1S/C17H20N2O3S.C5H5.Fe/c1-14-5-4-8-16(13-14)23(21,22)19-11-9-18(10-12-19)17(20)15-6-2-3-7-15;1-2-4-5-3-1;/h2-8,13,20H,9-12H2,1H3;1-5H;/q;-1;. The van der Waals surface area contributed by atoms with Crippen LogP contribution in [0.15, 0.2) is 95.3 Å². The summed E-state index contributed by atoms with van der Waals surface area (Å²) in [6, 6.07) is 17.0. The van der Waals surface area contributed by atoms with Crippen LogP contribution >= 0.6 is 0 Å². The largest absolute Gasteiger partial charge is 0.494 e. The van der Waals surface area contributed by atoms with Crippen LogP contribution in [0.4, 0.5) is 0 Å². The van der Waals surface area contributed by atoms with Crippen molar-refractivity contribution in [3.63, 3.8) is 0 Å². The third kappa shape index (κ3) is 5.90. The summed E-state index contributed by atoms with van der Waals surface area (Å²) in [5.41, 5.74) is 1.69. The molecule has 0 saturated carbocycles. The van der Waals surface area contributed by atoms with Crippen LogP contribution in [0.5, 0.6) is 0 Å². The number of hydrogen-bond donors (Lipinski definition) is 1. The molecular weight excluding hydrogens is 428 g/mol. The molecule has 0 unspecified atom stereocenters. The van der Waals surface area contributed by atoms with Crippen molar-refractivity contribution >= 4 is 10.0 Å². The number of piperazine rings is 1. The molecule has 2 aliphatic rings. The number of aliphatic hydroxyl groups excluding tert-OH is 1. The van der Waals surface area contributed by atoms with Crippen molar-refractivity contribution in [3.05, 3.63) is 95.9 Å². The summed E-state index contributed by atoms with van der Waals surface area (Å²) in [5, 5.41) is 10.3. The minimum absolute atomic E-state index is 0. The number of allylic oxidation sites excluding steroid dienone is 5. The second kappa shape index (κ2) is 10.6. The number of benzene rings is 1. The summed E-state index contributed by atoms with van der Waals surface area (Å²) in [4.78, 5) is 2.15. The van der Waals surface area contributed by atoms with Gasteiger partial charge in [-0.15, -0.1) is 0 Å². The molecule has 5 nitrogen and oxygen atoms in total. The van der Waals surface area contributed by atoms with E-state index in [1.54, 1.807) is 18.2 Å². The zero-order valence-corrected chi connectivity index (χ0v) is 18.2. The zero-order chi connectivity index (χ0) is 20.0. The molecule has 0 amide bonds. The quantitative estimate of drug-likeness (QED) is 0.439. The first-order valence-corrected chi connectivity index (χ1v) is 10.7. The molecule has 1 aliphatic carbocycles. The van der Waals surface area contributed by atoms with E-state index in [2.05, 4.69) is 0 Å². The van der Waals surface area contributed by atoms with Crippen molar-refractivity contribution in [2.75, 3.05) is 26.2 Å². The second-order valence-electron chi connectivity index (χ2n) is 6.67. The third-order valence-electron chi connectivity index (χ3n) is 4.64. The van der Waals surface area contributed by atoms with Crippen molar-refractivity contribution in [1.29, 1.82) is 0 Å². The monoisotopic (exact) mass is 453 g/mol. The summed E-state index contributed by atoms with van der Waals surface area (Å²) < 4.78 is 26.8. The van der Waals surface area contributed by atoms with Crippen molar-refractivity contribution in [2.24, 2.45) is 0 Å². The molecule has 29 heavy (non-hydrogen) atoms. The van der Waals surface area contributed by atoms with E-state index >= 15 is 0 Å². The number of nitrogens with zero attached hydrogens (tertiary/aromatic N) is 2. The number of aliphatic hydroxyl groups is 1. The van der Waals surface area contributed by atoms with E-state index in [4.69, 9.17) is 0 Å².